The molecule has 0 aliphatic carbocycles. The quantitative estimate of drug-likeness (QED) is 0.908. The molecule has 24 heavy (non-hydrogen) atoms. The van der Waals surface area contributed by atoms with Crippen molar-refractivity contribution in [3.05, 3.63) is 42.1 Å². The van der Waals surface area contributed by atoms with E-state index in [2.05, 4.69) is 20.3 Å². The summed E-state index contributed by atoms with van der Waals surface area (Å²) in [5, 5.41) is 3.05. The number of carbonyl (C=O) groups is 1. The zero-order valence-electron chi connectivity index (χ0n) is 12.7. The molecule has 1 aliphatic rings. The Bertz CT molecular complexity index is 727. The highest BCUT2D eigenvalue weighted by Gasteiger charge is 2.32. The van der Waals surface area contributed by atoms with Crippen molar-refractivity contribution < 1.29 is 18.0 Å². The van der Waals surface area contributed by atoms with Crippen LogP contribution in [0.1, 0.15) is 24.2 Å². The molecular formula is C16H15F3N4O. The maximum atomic E-state index is 12.5. The molecule has 0 radical (unpaired) electrons. The molecule has 0 aromatic carbocycles. The highest BCUT2D eigenvalue weighted by molar-refractivity contribution is 5.85. The molecular weight excluding hydrogens is 321 g/mol. The van der Waals surface area contributed by atoms with Gasteiger partial charge in [0.25, 0.3) is 0 Å². The predicted octanol–water partition coefficient (Wildman–Crippen LogP) is 2.42. The zero-order chi connectivity index (χ0) is 17.2. The van der Waals surface area contributed by atoms with Gasteiger partial charge >= 0.3 is 6.18 Å². The molecule has 3 rings (SSSR count). The number of nitrogens with one attached hydrogen (secondary N) is 1. The summed E-state index contributed by atoms with van der Waals surface area (Å²) < 4.78 is 37.6. The van der Waals surface area contributed by atoms with E-state index in [1.54, 1.807) is 6.07 Å². The van der Waals surface area contributed by atoms with Gasteiger partial charge in [-0.25, -0.2) is 9.97 Å². The van der Waals surface area contributed by atoms with Crippen LogP contribution in [0.2, 0.25) is 0 Å². The van der Waals surface area contributed by atoms with Gasteiger partial charge < -0.3 is 5.32 Å². The Morgan fingerprint density at radius 1 is 1.25 bits per heavy atom. The number of hydrogen-bond acceptors (Lipinski definition) is 5. The summed E-state index contributed by atoms with van der Waals surface area (Å²) in [5.74, 6) is 0.151. The van der Waals surface area contributed by atoms with Crippen molar-refractivity contribution in [1.82, 2.24) is 20.3 Å². The van der Waals surface area contributed by atoms with E-state index >= 15 is 0 Å². The largest absolute Gasteiger partial charge is 0.433 e. The Morgan fingerprint density at radius 3 is 2.62 bits per heavy atom. The molecule has 5 nitrogen and oxygen atoms in total. The summed E-state index contributed by atoms with van der Waals surface area (Å²) in [6, 6.07) is 3.87. The molecule has 1 N–H and O–H groups in total. The van der Waals surface area contributed by atoms with E-state index < -0.39 is 11.9 Å². The van der Waals surface area contributed by atoms with Gasteiger partial charge in [0.05, 0.1) is 11.7 Å². The Morgan fingerprint density at radius 2 is 2.04 bits per heavy atom. The lowest BCUT2D eigenvalue weighted by Gasteiger charge is -2.25. The molecule has 0 amide bonds. The lowest BCUT2D eigenvalue weighted by atomic mass is 9.98. The van der Waals surface area contributed by atoms with E-state index in [9.17, 15) is 18.0 Å². The number of aryl methyl sites for hydroxylation is 1. The second kappa shape index (κ2) is 6.64. The molecule has 0 bridgehead atoms. The van der Waals surface area contributed by atoms with Gasteiger partial charge in [-0.2, -0.15) is 13.2 Å². The number of aromatic nitrogens is 3. The number of pyridine rings is 1. The third-order valence-electron chi connectivity index (χ3n) is 3.91. The summed E-state index contributed by atoms with van der Waals surface area (Å²) >= 11 is 0. The van der Waals surface area contributed by atoms with Crippen LogP contribution in [0.4, 0.5) is 13.2 Å². The van der Waals surface area contributed by atoms with E-state index in [0.717, 1.165) is 25.2 Å². The molecule has 0 unspecified atom stereocenters. The zero-order valence-corrected chi connectivity index (χ0v) is 12.7. The number of nitrogens with zero attached hydrogens (tertiary/aromatic N) is 3. The minimum atomic E-state index is -4.47. The van der Waals surface area contributed by atoms with Gasteiger partial charge in [0.1, 0.15) is 17.8 Å². The standard InChI is InChI=1S/C16H15F3N4O/c17-16(18,19)15-4-1-10(8-21-15)13-7-11(22-9-23-13)2-3-14(24)12-5-6-20-12/h1,4,7-9,12,20H,2-3,5-6H2/t12-/m0/s1. The first-order chi connectivity index (χ1) is 11.4. The summed E-state index contributed by atoms with van der Waals surface area (Å²) in [6.07, 6.45) is -0.275. The molecule has 1 fully saturated rings. The van der Waals surface area contributed by atoms with Crippen LogP contribution in [0.25, 0.3) is 11.3 Å². The second-order valence-electron chi connectivity index (χ2n) is 5.59. The number of Topliss-reactive ketones (excluding diaryl/α,β-unsaturated/α-hetero) is 1. The minimum Gasteiger partial charge on any atom is -0.307 e. The fourth-order valence-electron chi connectivity index (χ4n) is 2.39. The average molecular weight is 336 g/mol. The Kier molecular flexibility index (Phi) is 4.57. The Balaban J connectivity index is 1.69. The predicted molar refractivity (Wildman–Crippen MR) is 80.0 cm³/mol. The van der Waals surface area contributed by atoms with Crippen molar-refractivity contribution in [3.8, 4) is 11.3 Å². The fraction of sp³-hybridized carbons (Fsp3) is 0.375. The second-order valence-corrected chi connectivity index (χ2v) is 5.59. The van der Waals surface area contributed by atoms with Crippen molar-refractivity contribution in [1.29, 1.82) is 0 Å². The Hall–Kier alpha value is -2.35. The van der Waals surface area contributed by atoms with Crippen LogP contribution in [-0.2, 0) is 17.4 Å². The molecule has 0 saturated carbocycles. The first-order valence-electron chi connectivity index (χ1n) is 7.54. The highest BCUT2D eigenvalue weighted by Crippen LogP contribution is 2.28. The monoisotopic (exact) mass is 336 g/mol. The summed E-state index contributed by atoms with van der Waals surface area (Å²) in [5.41, 5.74) is 0.681. The van der Waals surface area contributed by atoms with Crippen LogP contribution in [0.5, 0.6) is 0 Å². The number of alkyl halides is 3. The van der Waals surface area contributed by atoms with Crippen LogP contribution in [0.15, 0.2) is 30.7 Å². The molecule has 8 heteroatoms. The van der Waals surface area contributed by atoms with E-state index in [1.165, 1.54) is 12.4 Å². The third-order valence-corrected chi connectivity index (χ3v) is 3.91. The number of halogens is 3. The molecule has 2 aromatic rings. The number of rotatable bonds is 5. The van der Waals surface area contributed by atoms with E-state index in [0.29, 0.717) is 29.8 Å². The van der Waals surface area contributed by atoms with Crippen LogP contribution in [0, 0.1) is 0 Å². The summed E-state index contributed by atoms with van der Waals surface area (Å²) in [4.78, 5) is 23.5. The summed E-state index contributed by atoms with van der Waals surface area (Å²) in [6.45, 7) is 0.870. The topological polar surface area (TPSA) is 67.8 Å². The smallest absolute Gasteiger partial charge is 0.307 e. The van der Waals surface area contributed by atoms with Gasteiger partial charge in [0.2, 0.25) is 0 Å². The first-order valence-corrected chi connectivity index (χ1v) is 7.54. The van der Waals surface area contributed by atoms with Crippen LogP contribution >= 0.6 is 0 Å². The molecule has 3 heterocycles. The van der Waals surface area contributed by atoms with Crippen molar-refractivity contribution >= 4 is 5.78 Å². The molecule has 0 spiro atoms. The van der Waals surface area contributed by atoms with Crippen molar-refractivity contribution in [2.75, 3.05) is 6.54 Å². The van der Waals surface area contributed by atoms with Gasteiger partial charge in [0.15, 0.2) is 0 Å². The lowest BCUT2D eigenvalue weighted by molar-refractivity contribution is -0.141. The molecule has 1 saturated heterocycles. The van der Waals surface area contributed by atoms with Gasteiger partial charge in [-0.3, -0.25) is 9.78 Å². The lowest BCUT2D eigenvalue weighted by Crippen LogP contribution is -2.48. The van der Waals surface area contributed by atoms with Crippen LogP contribution in [0.3, 0.4) is 0 Å². The Labute approximate surface area is 136 Å². The molecule has 1 aliphatic heterocycles. The normalized spacial score (nSPS) is 17.4. The van der Waals surface area contributed by atoms with Gasteiger partial charge in [-0.05, 0) is 37.6 Å². The first kappa shape index (κ1) is 16.5. The maximum Gasteiger partial charge on any atom is 0.433 e. The maximum absolute atomic E-state index is 12.5. The SMILES string of the molecule is O=C(CCc1cc(-c2ccc(C(F)(F)F)nc2)ncn1)[C@@H]1CCN1. The van der Waals surface area contributed by atoms with Crippen LogP contribution in [-0.4, -0.2) is 33.3 Å². The van der Waals surface area contributed by atoms with E-state index in [1.807, 2.05) is 0 Å². The van der Waals surface area contributed by atoms with E-state index in [-0.39, 0.29) is 11.8 Å². The van der Waals surface area contributed by atoms with Crippen LogP contribution < -0.4 is 5.32 Å². The highest BCUT2D eigenvalue weighted by atomic mass is 19.4. The number of carbonyl (C=O) groups excluding carboxylic acids is 1. The van der Waals surface area contributed by atoms with Crippen molar-refractivity contribution in [3.63, 3.8) is 0 Å². The fourth-order valence-corrected chi connectivity index (χ4v) is 2.39. The number of ketones is 1. The average Bonchev–Trinajstić information content (AvgIpc) is 2.51. The molecule has 126 valence electrons. The summed E-state index contributed by atoms with van der Waals surface area (Å²) in [7, 11) is 0. The van der Waals surface area contributed by atoms with Gasteiger partial charge in [0, 0.05) is 23.9 Å². The molecule has 1 atom stereocenters. The minimum absolute atomic E-state index is 0.0505. The molecule has 2 aromatic heterocycles. The van der Waals surface area contributed by atoms with Crippen molar-refractivity contribution in [2.24, 2.45) is 0 Å². The van der Waals surface area contributed by atoms with Gasteiger partial charge in [-0.1, -0.05) is 0 Å². The third kappa shape index (κ3) is 3.76. The number of hydrogen-bond donors (Lipinski definition) is 1. The van der Waals surface area contributed by atoms with Gasteiger partial charge in [-0.15, -0.1) is 0 Å². The van der Waals surface area contributed by atoms with E-state index in [4.69, 9.17) is 0 Å². The van der Waals surface area contributed by atoms with Crippen molar-refractivity contribution in [2.45, 2.75) is 31.5 Å².